The molecule has 0 saturated carbocycles. The Labute approximate surface area is 127 Å². The quantitative estimate of drug-likeness (QED) is 0.514. The summed E-state index contributed by atoms with van der Waals surface area (Å²) in [5, 5.41) is 0.404. The van der Waals surface area contributed by atoms with Gasteiger partial charge in [0.25, 0.3) is 0 Å². The van der Waals surface area contributed by atoms with E-state index in [1.165, 1.54) is 17.0 Å². The van der Waals surface area contributed by atoms with Crippen molar-refractivity contribution in [2.45, 2.75) is 12.8 Å². The van der Waals surface area contributed by atoms with Gasteiger partial charge in [0.15, 0.2) is 0 Å². The van der Waals surface area contributed by atoms with Gasteiger partial charge in [0.1, 0.15) is 0 Å². The first-order valence-corrected chi connectivity index (χ1v) is 6.70. The monoisotopic (exact) mass is 318 g/mol. The van der Waals surface area contributed by atoms with Gasteiger partial charge >= 0.3 is 5.97 Å². The highest BCUT2D eigenvalue weighted by Gasteiger charge is 2.12. The highest BCUT2D eigenvalue weighted by Crippen LogP contribution is 2.29. The molecule has 1 aromatic rings. The minimum absolute atomic E-state index is 0.0140. The minimum atomic E-state index is -0.549. The first-order valence-electron chi connectivity index (χ1n) is 5.94. The maximum atomic E-state index is 11.8. The third kappa shape index (κ3) is 4.58. The van der Waals surface area contributed by atoms with Crippen molar-refractivity contribution in [2.24, 2.45) is 0 Å². The molecule has 0 aliphatic carbocycles. The molecule has 5 nitrogen and oxygen atoms in total. The van der Waals surface area contributed by atoms with Gasteiger partial charge in [-0.2, -0.15) is 0 Å². The van der Waals surface area contributed by atoms with E-state index in [-0.39, 0.29) is 33.8 Å². The summed E-state index contributed by atoms with van der Waals surface area (Å²) in [5.74, 6) is -0.563. The first-order chi connectivity index (χ1) is 9.32. The molecule has 1 aromatic carbocycles. The van der Waals surface area contributed by atoms with Crippen molar-refractivity contribution in [1.82, 2.24) is 4.90 Å². The van der Waals surface area contributed by atoms with Crippen LogP contribution in [0.25, 0.3) is 0 Å². The van der Waals surface area contributed by atoms with Crippen LogP contribution in [0.4, 0.5) is 5.69 Å². The molecule has 0 radical (unpaired) electrons. The number of rotatable bonds is 5. The summed E-state index contributed by atoms with van der Waals surface area (Å²) in [6.07, 6.45) is 0.781. The first kappa shape index (κ1) is 16.6. The van der Waals surface area contributed by atoms with Crippen molar-refractivity contribution < 1.29 is 14.3 Å². The second-order valence-electron chi connectivity index (χ2n) is 4.39. The van der Waals surface area contributed by atoms with Crippen molar-refractivity contribution in [2.75, 3.05) is 26.4 Å². The van der Waals surface area contributed by atoms with Crippen LogP contribution in [0.1, 0.15) is 23.2 Å². The molecule has 20 heavy (non-hydrogen) atoms. The molecule has 1 amide bonds. The Kier molecular flexibility index (Phi) is 6.10. The van der Waals surface area contributed by atoms with Gasteiger partial charge in [-0.05, 0) is 18.6 Å². The van der Waals surface area contributed by atoms with E-state index in [1.54, 1.807) is 14.1 Å². The van der Waals surface area contributed by atoms with E-state index in [0.717, 1.165) is 0 Å². The van der Waals surface area contributed by atoms with Crippen LogP contribution >= 0.6 is 23.2 Å². The van der Waals surface area contributed by atoms with Gasteiger partial charge in [-0.15, -0.1) is 0 Å². The second-order valence-corrected chi connectivity index (χ2v) is 5.17. The molecule has 0 aromatic heterocycles. The summed E-state index contributed by atoms with van der Waals surface area (Å²) in [6.45, 7) is 0.151. The Morgan fingerprint density at radius 1 is 1.30 bits per heavy atom. The summed E-state index contributed by atoms with van der Waals surface area (Å²) in [7, 11) is 3.35. The lowest BCUT2D eigenvalue weighted by atomic mass is 10.2. The number of nitrogens with two attached hydrogens (primary N) is 1. The van der Waals surface area contributed by atoms with Crippen LogP contribution in [0.2, 0.25) is 10.0 Å². The van der Waals surface area contributed by atoms with Crippen molar-refractivity contribution in [3.05, 3.63) is 27.7 Å². The maximum absolute atomic E-state index is 11.8. The lowest BCUT2D eigenvalue weighted by Crippen LogP contribution is -2.21. The molecule has 0 fully saturated rings. The average Bonchev–Trinajstić information content (AvgIpc) is 2.39. The molecule has 0 aliphatic rings. The van der Waals surface area contributed by atoms with Gasteiger partial charge in [-0.1, -0.05) is 23.2 Å². The summed E-state index contributed by atoms with van der Waals surface area (Å²) < 4.78 is 5.04. The van der Waals surface area contributed by atoms with Gasteiger partial charge in [0.2, 0.25) is 5.91 Å². The fourth-order valence-corrected chi connectivity index (χ4v) is 1.76. The topological polar surface area (TPSA) is 72.6 Å². The van der Waals surface area contributed by atoms with Crippen molar-refractivity contribution >= 4 is 40.8 Å². The molecular weight excluding hydrogens is 303 g/mol. The van der Waals surface area contributed by atoms with Crippen LogP contribution in [0.3, 0.4) is 0 Å². The number of hydrogen-bond donors (Lipinski definition) is 1. The highest BCUT2D eigenvalue weighted by atomic mass is 35.5. The fraction of sp³-hybridized carbons (Fsp3) is 0.385. The molecule has 0 aliphatic heterocycles. The van der Waals surface area contributed by atoms with E-state index >= 15 is 0 Å². The summed E-state index contributed by atoms with van der Waals surface area (Å²) >= 11 is 11.6. The fourth-order valence-electron chi connectivity index (χ4n) is 1.42. The number of carbonyl (C=O) groups is 2. The summed E-state index contributed by atoms with van der Waals surface area (Å²) in [4.78, 5) is 24.6. The van der Waals surface area contributed by atoms with E-state index in [9.17, 15) is 9.59 Å². The molecule has 0 spiro atoms. The van der Waals surface area contributed by atoms with Crippen molar-refractivity contribution in [3.63, 3.8) is 0 Å². The lowest BCUT2D eigenvalue weighted by molar-refractivity contribution is -0.128. The van der Waals surface area contributed by atoms with Gasteiger partial charge in [0, 0.05) is 20.5 Å². The number of carbonyl (C=O) groups excluding carboxylic acids is 2. The summed E-state index contributed by atoms with van der Waals surface area (Å²) in [5.41, 5.74) is 6.06. The van der Waals surface area contributed by atoms with Crippen LogP contribution < -0.4 is 5.73 Å². The zero-order chi connectivity index (χ0) is 15.3. The number of ether oxygens (including phenoxy) is 1. The Morgan fingerprint density at radius 2 is 1.95 bits per heavy atom. The lowest BCUT2D eigenvalue weighted by Gasteiger charge is -2.10. The Balaban J connectivity index is 2.50. The van der Waals surface area contributed by atoms with Gasteiger partial charge in [-0.3, -0.25) is 4.79 Å². The molecule has 0 bridgehead atoms. The largest absolute Gasteiger partial charge is 0.462 e. The zero-order valence-electron chi connectivity index (χ0n) is 11.3. The Hall–Kier alpha value is -1.46. The van der Waals surface area contributed by atoms with Crippen molar-refractivity contribution in [1.29, 1.82) is 0 Å². The van der Waals surface area contributed by atoms with Crippen LogP contribution in [0.15, 0.2) is 12.1 Å². The van der Waals surface area contributed by atoms with E-state index in [2.05, 4.69) is 0 Å². The number of anilines is 1. The predicted molar refractivity (Wildman–Crippen MR) is 79.1 cm³/mol. The molecular formula is C13H16Cl2N2O3. The smallest absolute Gasteiger partial charge is 0.338 e. The number of nitrogens with zero attached hydrogens (tertiary/aromatic N) is 1. The van der Waals surface area contributed by atoms with E-state index in [1.807, 2.05) is 0 Å². The van der Waals surface area contributed by atoms with E-state index in [4.69, 9.17) is 33.7 Å². The van der Waals surface area contributed by atoms with Crippen LogP contribution in [-0.4, -0.2) is 37.5 Å². The molecule has 0 heterocycles. The number of esters is 1. The third-order valence-corrected chi connectivity index (χ3v) is 3.38. The van der Waals surface area contributed by atoms with Crippen LogP contribution in [-0.2, 0) is 9.53 Å². The number of nitrogen functional groups attached to an aromatic ring is 1. The second kappa shape index (κ2) is 7.36. The third-order valence-electron chi connectivity index (χ3n) is 2.56. The normalized spacial score (nSPS) is 10.2. The van der Waals surface area contributed by atoms with Crippen LogP contribution in [0.5, 0.6) is 0 Å². The molecule has 110 valence electrons. The van der Waals surface area contributed by atoms with Gasteiger partial charge < -0.3 is 15.4 Å². The molecule has 0 unspecified atom stereocenters. The molecule has 0 atom stereocenters. The SMILES string of the molecule is CN(C)C(=O)CCCOC(=O)c1cc(N)c(Cl)c(Cl)c1. The number of hydrogen-bond acceptors (Lipinski definition) is 4. The number of benzene rings is 1. The number of halogens is 2. The van der Waals surface area contributed by atoms with Crippen LogP contribution in [0, 0.1) is 0 Å². The Bertz CT molecular complexity index is 495. The van der Waals surface area contributed by atoms with Gasteiger partial charge in [0.05, 0.1) is 27.9 Å². The van der Waals surface area contributed by atoms with Gasteiger partial charge in [-0.25, -0.2) is 4.79 Å². The van der Waals surface area contributed by atoms with E-state index in [0.29, 0.717) is 12.8 Å². The molecule has 2 N–H and O–H groups in total. The minimum Gasteiger partial charge on any atom is -0.462 e. The molecule has 0 saturated heterocycles. The summed E-state index contributed by atoms with van der Waals surface area (Å²) in [6, 6.07) is 2.80. The number of amides is 1. The van der Waals surface area contributed by atoms with Crippen molar-refractivity contribution in [3.8, 4) is 0 Å². The predicted octanol–water partition coefficient (Wildman–Crippen LogP) is 2.60. The highest BCUT2D eigenvalue weighted by molar-refractivity contribution is 6.43. The standard InChI is InChI=1S/C13H16Cl2N2O3/c1-17(2)11(18)4-3-5-20-13(19)8-6-9(14)12(15)10(16)7-8/h6-7H,3-5,16H2,1-2H3. The molecule has 7 heteroatoms. The zero-order valence-corrected chi connectivity index (χ0v) is 12.8. The Morgan fingerprint density at radius 3 is 2.50 bits per heavy atom. The maximum Gasteiger partial charge on any atom is 0.338 e. The molecule has 1 rings (SSSR count). The average molecular weight is 319 g/mol. The van der Waals surface area contributed by atoms with E-state index < -0.39 is 5.97 Å².